The molecule has 2 N–H and O–H groups in total. The number of nitrogen functional groups attached to an aromatic ring is 1. The van der Waals surface area contributed by atoms with Crippen molar-refractivity contribution in [3.05, 3.63) is 23.8 Å². The average molecular weight is 284 g/mol. The van der Waals surface area contributed by atoms with Crippen molar-refractivity contribution in [3.8, 4) is 6.07 Å². The summed E-state index contributed by atoms with van der Waals surface area (Å²) in [6.07, 6.45) is 6.52. The highest BCUT2D eigenvalue weighted by molar-refractivity contribution is 5.64. The number of likely N-dealkylation sites (tertiary alicyclic amines) is 1. The Kier molecular flexibility index (Phi) is 4.31. The highest BCUT2D eigenvalue weighted by Crippen LogP contribution is 2.28. The molecule has 3 rings (SSSR count). The molecule has 2 fully saturated rings. The number of hydrogen-bond donors (Lipinski definition) is 1. The van der Waals surface area contributed by atoms with Crippen molar-refractivity contribution >= 4 is 11.4 Å². The average Bonchev–Trinajstić information content (AvgIpc) is 2.56. The van der Waals surface area contributed by atoms with E-state index in [1.807, 2.05) is 12.1 Å². The lowest BCUT2D eigenvalue weighted by Gasteiger charge is -2.41. The topological polar surface area (TPSA) is 56.3 Å². The number of nitriles is 1. The Hall–Kier alpha value is -1.73. The molecule has 0 spiro atoms. The van der Waals surface area contributed by atoms with Gasteiger partial charge in [0.05, 0.1) is 11.3 Å². The van der Waals surface area contributed by atoms with Gasteiger partial charge in [0.25, 0.3) is 0 Å². The van der Waals surface area contributed by atoms with Gasteiger partial charge >= 0.3 is 0 Å². The fourth-order valence-corrected chi connectivity index (χ4v) is 3.67. The third-order valence-corrected chi connectivity index (χ3v) is 4.85. The van der Waals surface area contributed by atoms with Crippen LogP contribution >= 0.6 is 0 Å². The first-order valence-electron chi connectivity index (χ1n) is 8.06. The van der Waals surface area contributed by atoms with Crippen LogP contribution in [-0.2, 0) is 0 Å². The van der Waals surface area contributed by atoms with Gasteiger partial charge in [0.1, 0.15) is 6.07 Å². The van der Waals surface area contributed by atoms with Gasteiger partial charge in [-0.1, -0.05) is 6.42 Å². The van der Waals surface area contributed by atoms with E-state index in [1.54, 1.807) is 6.07 Å². The SMILES string of the molecule is N#Cc1cc(N)ccc1N1CCC(N2CCCCC2)CC1. The molecule has 2 saturated heterocycles. The first-order valence-corrected chi connectivity index (χ1v) is 8.06. The van der Waals surface area contributed by atoms with Crippen LogP contribution in [0.3, 0.4) is 0 Å². The Labute approximate surface area is 127 Å². The van der Waals surface area contributed by atoms with Crippen molar-refractivity contribution < 1.29 is 0 Å². The van der Waals surface area contributed by atoms with Crippen molar-refractivity contribution in [2.45, 2.75) is 38.1 Å². The second-order valence-corrected chi connectivity index (χ2v) is 6.20. The molecular weight excluding hydrogens is 260 g/mol. The Balaban J connectivity index is 1.64. The number of benzene rings is 1. The summed E-state index contributed by atoms with van der Waals surface area (Å²) >= 11 is 0. The molecule has 4 nitrogen and oxygen atoms in total. The van der Waals surface area contributed by atoms with E-state index < -0.39 is 0 Å². The van der Waals surface area contributed by atoms with Crippen LogP contribution in [0.15, 0.2) is 18.2 Å². The van der Waals surface area contributed by atoms with Gasteiger partial charge in [-0.3, -0.25) is 0 Å². The highest BCUT2D eigenvalue weighted by atomic mass is 15.2. The van der Waals surface area contributed by atoms with E-state index in [4.69, 9.17) is 5.73 Å². The predicted molar refractivity (Wildman–Crippen MR) is 86.2 cm³/mol. The standard InChI is InChI=1S/C17H24N4/c18-13-14-12-15(19)4-5-17(14)21-10-6-16(7-11-21)20-8-2-1-3-9-20/h4-5,12,16H,1-3,6-11,19H2. The molecule has 0 unspecified atom stereocenters. The largest absolute Gasteiger partial charge is 0.399 e. The maximum Gasteiger partial charge on any atom is 0.101 e. The first kappa shape index (κ1) is 14.2. The molecule has 2 aliphatic rings. The third-order valence-electron chi connectivity index (χ3n) is 4.85. The number of piperidine rings is 2. The summed E-state index contributed by atoms with van der Waals surface area (Å²) in [6.45, 7) is 4.63. The van der Waals surface area contributed by atoms with E-state index in [0.717, 1.165) is 24.8 Å². The van der Waals surface area contributed by atoms with Crippen LogP contribution in [0.4, 0.5) is 11.4 Å². The van der Waals surface area contributed by atoms with E-state index >= 15 is 0 Å². The third kappa shape index (κ3) is 3.14. The summed E-state index contributed by atoms with van der Waals surface area (Å²) in [5.41, 5.74) is 8.19. The van der Waals surface area contributed by atoms with Gasteiger partial charge in [0, 0.05) is 24.8 Å². The zero-order chi connectivity index (χ0) is 14.7. The predicted octanol–water partition coefficient (Wildman–Crippen LogP) is 2.60. The lowest BCUT2D eigenvalue weighted by molar-refractivity contribution is 0.141. The highest BCUT2D eigenvalue weighted by Gasteiger charge is 2.26. The number of nitrogens with two attached hydrogens (primary N) is 1. The maximum absolute atomic E-state index is 9.29. The van der Waals surface area contributed by atoms with Crippen molar-refractivity contribution in [2.24, 2.45) is 0 Å². The zero-order valence-electron chi connectivity index (χ0n) is 12.6. The Morgan fingerprint density at radius 1 is 1.05 bits per heavy atom. The monoisotopic (exact) mass is 284 g/mol. The van der Waals surface area contributed by atoms with Crippen molar-refractivity contribution in [3.63, 3.8) is 0 Å². The summed E-state index contributed by atoms with van der Waals surface area (Å²) in [5, 5.41) is 9.29. The quantitative estimate of drug-likeness (QED) is 0.848. The van der Waals surface area contributed by atoms with Gasteiger partial charge in [-0.05, 0) is 57.0 Å². The van der Waals surface area contributed by atoms with Gasteiger partial charge in [-0.25, -0.2) is 0 Å². The van der Waals surface area contributed by atoms with Crippen molar-refractivity contribution in [1.82, 2.24) is 4.90 Å². The number of rotatable bonds is 2. The fraction of sp³-hybridized carbons (Fsp3) is 0.588. The molecule has 2 aliphatic heterocycles. The number of anilines is 2. The lowest BCUT2D eigenvalue weighted by Crippen LogP contribution is -2.46. The lowest BCUT2D eigenvalue weighted by atomic mass is 9.99. The van der Waals surface area contributed by atoms with Crippen LogP contribution in [-0.4, -0.2) is 37.1 Å². The van der Waals surface area contributed by atoms with E-state index in [9.17, 15) is 5.26 Å². The second-order valence-electron chi connectivity index (χ2n) is 6.20. The van der Waals surface area contributed by atoms with Gasteiger partial charge < -0.3 is 15.5 Å². The van der Waals surface area contributed by atoms with Crippen LogP contribution in [0.1, 0.15) is 37.7 Å². The fourth-order valence-electron chi connectivity index (χ4n) is 3.67. The van der Waals surface area contributed by atoms with Crippen LogP contribution in [0.2, 0.25) is 0 Å². The van der Waals surface area contributed by atoms with Gasteiger partial charge in [0.2, 0.25) is 0 Å². The summed E-state index contributed by atoms with van der Waals surface area (Å²) < 4.78 is 0. The van der Waals surface area contributed by atoms with Crippen molar-refractivity contribution in [1.29, 1.82) is 5.26 Å². The Morgan fingerprint density at radius 3 is 2.43 bits per heavy atom. The molecule has 0 atom stereocenters. The Morgan fingerprint density at radius 2 is 1.76 bits per heavy atom. The Bertz CT molecular complexity index is 520. The van der Waals surface area contributed by atoms with E-state index in [2.05, 4.69) is 15.9 Å². The molecule has 112 valence electrons. The van der Waals surface area contributed by atoms with Crippen LogP contribution < -0.4 is 10.6 Å². The minimum atomic E-state index is 0.665. The molecule has 0 saturated carbocycles. The summed E-state index contributed by atoms with van der Waals surface area (Å²) in [4.78, 5) is 5.02. The molecule has 0 aliphatic carbocycles. The number of nitrogens with zero attached hydrogens (tertiary/aromatic N) is 3. The van der Waals surface area contributed by atoms with Crippen molar-refractivity contribution in [2.75, 3.05) is 36.8 Å². The molecule has 4 heteroatoms. The summed E-state index contributed by atoms with van der Waals surface area (Å²) in [5.74, 6) is 0. The van der Waals surface area contributed by atoms with Gasteiger partial charge in [0.15, 0.2) is 0 Å². The minimum Gasteiger partial charge on any atom is -0.399 e. The molecule has 1 aromatic rings. The van der Waals surface area contributed by atoms with Crippen LogP contribution in [0.5, 0.6) is 0 Å². The van der Waals surface area contributed by atoms with E-state index in [1.165, 1.54) is 45.2 Å². The molecule has 0 amide bonds. The van der Waals surface area contributed by atoms with Crippen LogP contribution in [0, 0.1) is 11.3 Å². The first-order chi connectivity index (χ1) is 10.3. The van der Waals surface area contributed by atoms with Crippen LogP contribution in [0.25, 0.3) is 0 Å². The molecule has 21 heavy (non-hydrogen) atoms. The molecule has 0 bridgehead atoms. The molecule has 2 heterocycles. The summed E-state index contributed by atoms with van der Waals surface area (Å²) in [6, 6.07) is 8.69. The minimum absolute atomic E-state index is 0.665. The maximum atomic E-state index is 9.29. The normalized spacial score (nSPS) is 21.2. The van der Waals surface area contributed by atoms with E-state index in [-0.39, 0.29) is 0 Å². The van der Waals surface area contributed by atoms with E-state index in [0.29, 0.717) is 11.3 Å². The second kappa shape index (κ2) is 6.36. The number of hydrogen-bond acceptors (Lipinski definition) is 4. The molecular formula is C17H24N4. The van der Waals surface area contributed by atoms with Gasteiger partial charge in [-0.15, -0.1) is 0 Å². The summed E-state index contributed by atoms with van der Waals surface area (Å²) in [7, 11) is 0. The molecule has 0 radical (unpaired) electrons. The zero-order valence-corrected chi connectivity index (χ0v) is 12.6. The van der Waals surface area contributed by atoms with Gasteiger partial charge in [-0.2, -0.15) is 5.26 Å². The molecule has 0 aromatic heterocycles. The smallest absolute Gasteiger partial charge is 0.101 e. The molecule has 1 aromatic carbocycles.